The van der Waals surface area contributed by atoms with Crippen molar-refractivity contribution in [3.05, 3.63) is 12.7 Å². The molecule has 0 radical (unpaired) electrons. The van der Waals surface area contributed by atoms with E-state index in [0.717, 1.165) is 0 Å². The van der Waals surface area contributed by atoms with Crippen LogP contribution in [-0.2, 0) is 23.8 Å². The van der Waals surface area contributed by atoms with Crippen LogP contribution in [0.5, 0.6) is 0 Å². The zero-order valence-electron chi connectivity index (χ0n) is 15.4. The van der Waals surface area contributed by atoms with E-state index in [-0.39, 0.29) is 13.2 Å². The number of nitrogens with one attached hydrogen (secondary N) is 1. The second-order valence-electron chi connectivity index (χ2n) is 6.74. The Morgan fingerprint density at radius 3 is 2.60 bits per heavy atom. The Morgan fingerprint density at radius 2 is 2.04 bits per heavy atom. The van der Waals surface area contributed by atoms with Crippen molar-refractivity contribution in [2.24, 2.45) is 0 Å². The number of nitrogens with zero attached hydrogens (tertiary/aromatic N) is 1. The molecule has 2 amide bonds. The van der Waals surface area contributed by atoms with Crippen molar-refractivity contribution in [1.29, 1.82) is 0 Å². The quantitative estimate of drug-likeness (QED) is 0.419. The van der Waals surface area contributed by atoms with Gasteiger partial charge in [0.05, 0.1) is 20.3 Å². The average molecular weight is 356 g/mol. The summed E-state index contributed by atoms with van der Waals surface area (Å²) in [6.07, 6.45) is 2.05. The van der Waals surface area contributed by atoms with E-state index in [1.165, 1.54) is 12.0 Å². The molecule has 8 nitrogen and oxygen atoms in total. The number of likely N-dealkylation sites (tertiary alicyclic amines) is 1. The number of ether oxygens (including phenoxy) is 3. The number of alkyl carbamates (subject to hydrolysis) is 1. The van der Waals surface area contributed by atoms with E-state index in [2.05, 4.69) is 11.9 Å². The lowest BCUT2D eigenvalue weighted by atomic mass is 10.2. The van der Waals surface area contributed by atoms with Crippen molar-refractivity contribution in [2.75, 3.05) is 26.9 Å². The fourth-order valence-electron chi connectivity index (χ4n) is 2.51. The SMILES string of the molecule is C=CCOCC(NC(=O)OC(C)(C)C)C(=O)N1CCCC1C(=O)OC. The number of hydrogen-bond donors (Lipinski definition) is 1. The molecule has 0 saturated carbocycles. The van der Waals surface area contributed by atoms with Crippen LogP contribution in [0.1, 0.15) is 33.6 Å². The Morgan fingerprint density at radius 1 is 1.36 bits per heavy atom. The van der Waals surface area contributed by atoms with E-state index < -0.39 is 35.7 Å². The second kappa shape index (κ2) is 9.41. The molecule has 1 aliphatic heterocycles. The van der Waals surface area contributed by atoms with Gasteiger partial charge in [-0.05, 0) is 33.6 Å². The monoisotopic (exact) mass is 356 g/mol. The van der Waals surface area contributed by atoms with Gasteiger partial charge >= 0.3 is 12.1 Å². The lowest BCUT2D eigenvalue weighted by Crippen LogP contribution is -2.54. The largest absolute Gasteiger partial charge is 0.467 e. The van der Waals surface area contributed by atoms with Gasteiger partial charge in [-0.15, -0.1) is 6.58 Å². The number of amides is 2. The van der Waals surface area contributed by atoms with E-state index >= 15 is 0 Å². The van der Waals surface area contributed by atoms with Gasteiger partial charge in [-0.2, -0.15) is 0 Å². The van der Waals surface area contributed by atoms with Crippen LogP contribution < -0.4 is 5.32 Å². The molecule has 0 aromatic carbocycles. The fraction of sp³-hybridized carbons (Fsp3) is 0.706. The maximum Gasteiger partial charge on any atom is 0.408 e. The summed E-state index contributed by atoms with van der Waals surface area (Å²) in [5.74, 6) is -0.864. The maximum atomic E-state index is 12.8. The molecule has 0 aromatic heterocycles. The minimum absolute atomic E-state index is 0.0471. The van der Waals surface area contributed by atoms with E-state index in [1.807, 2.05) is 0 Å². The summed E-state index contributed by atoms with van der Waals surface area (Å²) >= 11 is 0. The molecule has 1 N–H and O–H groups in total. The van der Waals surface area contributed by atoms with Gasteiger partial charge in [-0.1, -0.05) is 6.08 Å². The molecule has 8 heteroatoms. The van der Waals surface area contributed by atoms with Gasteiger partial charge in [0.25, 0.3) is 0 Å². The first-order valence-corrected chi connectivity index (χ1v) is 8.26. The third-order valence-corrected chi connectivity index (χ3v) is 3.52. The molecule has 25 heavy (non-hydrogen) atoms. The van der Waals surface area contributed by atoms with Gasteiger partial charge < -0.3 is 24.4 Å². The minimum Gasteiger partial charge on any atom is -0.467 e. The third kappa shape index (κ3) is 6.74. The van der Waals surface area contributed by atoms with Crippen molar-refractivity contribution < 1.29 is 28.6 Å². The first-order chi connectivity index (χ1) is 11.7. The molecule has 1 rings (SSSR count). The molecule has 0 aromatic rings. The molecular formula is C17H28N2O6. The average Bonchev–Trinajstić information content (AvgIpc) is 3.00. The summed E-state index contributed by atoms with van der Waals surface area (Å²) in [5.41, 5.74) is -0.693. The van der Waals surface area contributed by atoms with Crippen LogP contribution in [0.2, 0.25) is 0 Å². The summed E-state index contributed by atoms with van der Waals surface area (Å²) in [4.78, 5) is 38.1. The molecule has 1 aliphatic rings. The molecule has 0 spiro atoms. The smallest absolute Gasteiger partial charge is 0.408 e. The van der Waals surface area contributed by atoms with Crippen molar-refractivity contribution in [3.8, 4) is 0 Å². The molecule has 0 aliphatic carbocycles. The van der Waals surface area contributed by atoms with Gasteiger partial charge in [-0.3, -0.25) is 4.79 Å². The normalized spacial score (nSPS) is 18.4. The lowest BCUT2D eigenvalue weighted by molar-refractivity contribution is -0.152. The van der Waals surface area contributed by atoms with E-state index in [0.29, 0.717) is 19.4 Å². The Kier molecular flexibility index (Phi) is 7.89. The van der Waals surface area contributed by atoms with Gasteiger partial charge in [0.15, 0.2) is 0 Å². The highest BCUT2D eigenvalue weighted by Gasteiger charge is 2.38. The third-order valence-electron chi connectivity index (χ3n) is 3.52. The van der Waals surface area contributed by atoms with Crippen LogP contribution in [-0.4, -0.2) is 67.4 Å². The van der Waals surface area contributed by atoms with Crippen molar-refractivity contribution in [2.45, 2.75) is 51.3 Å². The van der Waals surface area contributed by atoms with Crippen LogP contribution in [0, 0.1) is 0 Å². The predicted octanol–water partition coefficient (Wildman–Crippen LogP) is 1.25. The first kappa shape index (κ1) is 21.0. The summed E-state index contributed by atoms with van der Waals surface area (Å²) in [6.45, 7) is 9.34. The van der Waals surface area contributed by atoms with Gasteiger partial charge in [-0.25, -0.2) is 9.59 Å². The summed E-state index contributed by atoms with van der Waals surface area (Å²) < 4.78 is 15.3. The van der Waals surface area contributed by atoms with Crippen LogP contribution in [0.4, 0.5) is 4.79 Å². The molecule has 2 atom stereocenters. The Bertz CT molecular complexity index is 500. The van der Waals surface area contributed by atoms with Crippen LogP contribution in [0.3, 0.4) is 0 Å². The van der Waals surface area contributed by atoms with Gasteiger partial charge in [0.1, 0.15) is 17.7 Å². The number of carbonyl (C=O) groups excluding carboxylic acids is 3. The summed E-state index contributed by atoms with van der Waals surface area (Å²) in [7, 11) is 1.28. The predicted molar refractivity (Wildman–Crippen MR) is 90.9 cm³/mol. The lowest BCUT2D eigenvalue weighted by Gasteiger charge is -2.28. The second-order valence-corrected chi connectivity index (χ2v) is 6.74. The Hall–Kier alpha value is -2.09. The molecule has 1 heterocycles. The molecule has 142 valence electrons. The van der Waals surface area contributed by atoms with Crippen molar-refractivity contribution in [3.63, 3.8) is 0 Å². The molecule has 0 bridgehead atoms. The van der Waals surface area contributed by atoms with Crippen molar-refractivity contribution >= 4 is 18.0 Å². The summed E-state index contributed by atoms with van der Waals surface area (Å²) in [6, 6.07) is -1.60. The van der Waals surface area contributed by atoms with E-state index in [4.69, 9.17) is 14.2 Å². The minimum atomic E-state index is -0.958. The standard InChI is InChI=1S/C17H28N2O6/c1-6-10-24-11-12(18-16(22)25-17(2,3)4)14(20)19-9-7-8-13(19)15(21)23-5/h6,12-13H,1,7-11H2,2-5H3,(H,18,22). The Labute approximate surface area is 148 Å². The highest BCUT2D eigenvalue weighted by atomic mass is 16.6. The first-order valence-electron chi connectivity index (χ1n) is 8.26. The number of esters is 1. The maximum absolute atomic E-state index is 12.8. The zero-order chi connectivity index (χ0) is 19.0. The van der Waals surface area contributed by atoms with Crippen molar-refractivity contribution in [1.82, 2.24) is 10.2 Å². The fourth-order valence-corrected chi connectivity index (χ4v) is 2.51. The summed E-state index contributed by atoms with van der Waals surface area (Å²) in [5, 5.41) is 2.52. The highest BCUT2D eigenvalue weighted by molar-refractivity contribution is 5.90. The molecule has 1 fully saturated rings. The molecule has 2 unspecified atom stereocenters. The van der Waals surface area contributed by atoms with Crippen LogP contribution >= 0.6 is 0 Å². The van der Waals surface area contributed by atoms with Gasteiger partial charge in [0, 0.05) is 6.54 Å². The Balaban J connectivity index is 2.82. The highest BCUT2D eigenvalue weighted by Crippen LogP contribution is 2.19. The number of carbonyl (C=O) groups is 3. The number of methoxy groups -OCH3 is 1. The van der Waals surface area contributed by atoms with Gasteiger partial charge in [0.2, 0.25) is 5.91 Å². The van der Waals surface area contributed by atoms with Crippen LogP contribution in [0.15, 0.2) is 12.7 Å². The molecule has 1 saturated heterocycles. The van der Waals surface area contributed by atoms with Crippen LogP contribution in [0.25, 0.3) is 0 Å². The number of rotatable bonds is 7. The zero-order valence-corrected chi connectivity index (χ0v) is 15.4. The van der Waals surface area contributed by atoms with E-state index in [9.17, 15) is 14.4 Å². The molecular weight excluding hydrogens is 328 g/mol. The number of hydrogen-bond acceptors (Lipinski definition) is 6. The van der Waals surface area contributed by atoms with E-state index in [1.54, 1.807) is 26.8 Å². The topological polar surface area (TPSA) is 94.2 Å².